The minimum atomic E-state index is -0.979. The van der Waals surface area contributed by atoms with Gasteiger partial charge in [-0.05, 0) is 29.8 Å². The van der Waals surface area contributed by atoms with E-state index in [2.05, 4.69) is 0 Å². The highest BCUT2D eigenvalue weighted by Gasteiger charge is 2.10. The quantitative estimate of drug-likeness (QED) is 0.784. The molecule has 104 valence electrons. The van der Waals surface area contributed by atoms with Crippen LogP contribution >= 0.6 is 0 Å². The first kappa shape index (κ1) is 13.1. The average Bonchev–Trinajstić information content (AvgIpc) is 2.51. The van der Waals surface area contributed by atoms with Gasteiger partial charge in [0.15, 0.2) is 5.43 Å². The summed E-state index contributed by atoms with van der Waals surface area (Å²) in [6.07, 6.45) is 1.78. The van der Waals surface area contributed by atoms with Crippen LogP contribution in [-0.4, -0.2) is 15.6 Å². The van der Waals surface area contributed by atoms with Crippen molar-refractivity contribution in [2.75, 3.05) is 0 Å². The fourth-order valence-corrected chi connectivity index (χ4v) is 2.44. The second-order valence-corrected chi connectivity index (χ2v) is 4.88. The Morgan fingerprint density at radius 1 is 1.05 bits per heavy atom. The second-order valence-electron chi connectivity index (χ2n) is 4.88. The number of aromatic nitrogens is 1. The van der Waals surface area contributed by atoms with Crippen molar-refractivity contribution in [1.82, 2.24) is 4.57 Å². The topological polar surface area (TPSA) is 59.3 Å². The molecule has 21 heavy (non-hydrogen) atoms. The first-order valence-electron chi connectivity index (χ1n) is 6.50. The molecule has 0 fully saturated rings. The van der Waals surface area contributed by atoms with E-state index < -0.39 is 5.97 Å². The van der Waals surface area contributed by atoms with E-state index in [1.54, 1.807) is 24.4 Å². The van der Waals surface area contributed by atoms with Gasteiger partial charge in [0.1, 0.15) is 0 Å². The van der Waals surface area contributed by atoms with Gasteiger partial charge in [0.25, 0.3) is 0 Å². The lowest BCUT2D eigenvalue weighted by atomic mass is 10.0. The Kier molecular flexibility index (Phi) is 3.06. The summed E-state index contributed by atoms with van der Waals surface area (Å²) in [5.74, 6) is -0.979. The van der Waals surface area contributed by atoms with E-state index >= 15 is 0 Å². The molecule has 4 nitrogen and oxygen atoms in total. The van der Waals surface area contributed by atoms with Crippen molar-refractivity contribution in [2.24, 2.45) is 7.05 Å². The Bertz CT molecular complexity index is 892. The molecule has 3 rings (SSSR count). The molecular formula is C17H13NO3. The summed E-state index contributed by atoms with van der Waals surface area (Å²) in [5, 5.41) is 9.57. The maximum absolute atomic E-state index is 12.6. The third kappa shape index (κ3) is 2.21. The highest BCUT2D eigenvalue weighted by atomic mass is 16.4. The lowest BCUT2D eigenvalue weighted by Crippen LogP contribution is -2.10. The Labute approximate surface area is 120 Å². The number of benzene rings is 2. The lowest BCUT2D eigenvalue weighted by Gasteiger charge is -2.09. The van der Waals surface area contributed by atoms with Crippen molar-refractivity contribution in [3.63, 3.8) is 0 Å². The number of para-hydroxylation sites is 1. The van der Waals surface area contributed by atoms with Gasteiger partial charge in [0.2, 0.25) is 0 Å². The number of pyridine rings is 1. The number of hydrogen-bond acceptors (Lipinski definition) is 2. The van der Waals surface area contributed by atoms with Gasteiger partial charge in [-0.2, -0.15) is 0 Å². The highest BCUT2D eigenvalue weighted by Crippen LogP contribution is 2.19. The van der Waals surface area contributed by atoms with Gasteiger partial charge in [-0.1, -0.05) is 24.3 Å². The largest absolute Gasteiger partial charge is 0.478 e. The van der Waals surface area contributed by atoms with Crippen LogP contribution < -0.4 is 5.43 Å². The summed E-state index contributed by atoms with van der Waals surface area (Å²) in [7, 11) is 1.89. The van der Waals surface area contributed by atoms with Gasteiger partial charge in [-0.3, -0.25) is 4.79 Å². The second kappa shape index (κ2) is 4.90. The lowest BCUT2D eigenvalue weighted by molar-refractivity contribution is 0.0697. The molecule has 3 aromatic rings. The Morgan fingerprint density at radius 3 is 2.38 bits per heavy atom. The number of carbonyl (C=O) groups is 1. The van der Waals surface area contributed by atoms with Gasteiger partial charge < -0.3 is 9.67 Å². The van der Waals surface area contributed by atoms with Gasteiger partial charge in [-0.15, -0.1) is 0 Å². The summed E-state index contributed by atoms with van der Waals surface area (Å²) >= 11 is 0. The molecule has 0 aliphatic carbocycles. The molecule has 4 heteroatoms. The molecule has 0 aliphatic heterocycles. The molecule has 1 heterocycles. The van der Waals surface area contributed by atoms with Gasteiger partial charge in [-0.25, -0.2) is 4.79 Å². The van der Waals surface area contributed by atoms with Gasteiger partial charge >= 0.3 is 5.97 Å². The molecule has 0 unspecified atom stereocenters. The molecule has 2 aromatic carbocycles. The van der Waals surface area contributed by atoms with E-state index in [0.717, 1.165) is 5.52 Å². The molecular weight excluding hydrogens is 266 g/mol. The van der Waals surface area contributed by atoms with Crippen molar-refractivity contribution in [3.05, 3.63) is 70.5 Å². The summed E-state index contributed by atoms with van der Waals surface area (Å²) < 4.78 is 1.90. The van der Waals surface area contributed by atoms with Crippen LogP contribution in [-0.2, 0) is 7.05 Å². The SMILES string of the molecule is Cn1cc(-c2ccc(C(=O)O)cc2)c(=O)c2ccccc21. The zero-order valence-corrected chi connectivity index (χ0v) is 11.4. The molecule has 0 atom stereocenters. The van der Waals surface area contributed by atoms with E-state index in [1.165, 1.54) is 12.1 Å². The molecule has 0 radical (unpaired) electrons. The maximum Gasteiger partial charge on any atom is 0.335 e. The van der Waals surface area contributed by atoms with Crippen LogP contribution in [0.4, 0.5) is 0 Å². The maximum atomic E-state index is 12.6. The van der Waals surface area contributed by atoms with E-state index in [9.17, 15) is 9.59 Å². The first-order chi connectivity index (χ1) is 10.1. The van der Waals surface area contributed by atoms with Crippen molar-refractivity contribution in [2.45, 2.75) is 0 Å². The molecule has 0 saturated carbocycles. The number of hydrogen-bond donors (Lipinski definition) is 1. The van der Waals surface area contributed by atoms with E-state index in [4.69, 9.17) is 5.11 Å². The van der Waals surface area contributed by atoms with Crippen LogP contribution in [0.15, 0.2) is 59.5 Å². The number of aromatic carboxylic acids is 1. The summed E-state index contributed by atoms with van der Waals surface area (Å²) in [4.78, 5) is 23.4. The summed E-state index contributed by atoms with van der Waals surface area (Å²) in [6.45, 7) is 0. The normalized spacial score (nSPS) is 10.7. The van der Waals surface area contributed by atoms with Crippen molar-refractivity contribution < 1.29 is 9.90 Å². The Hall–Kier alpha value is -2.88. The predicted molar refractivity (Wildman–Crippen MR) is 81.6 cm³/mol. The molecule has 0 amide bonds. The zero-order chi connectivity index (χ0) is 15.0. The number of aryl methyl sites for hydroxylation is 1. The van der Waals surface area contributed by atoms with Crippen LogP contribution in [0.1, 0.15) is 10.4 Å². The van der Waals surface area contributed by atoms with Crippen molar-refractivity contribution in [3.8, 4) is 11.1 Å². The van der Waals surface area contributed by atoms with Gasteiger partial charge in [0.05, 0.1) is 11.1 Å². The number of carboxylic acid groups (broad SMARTS) is 1. The van der Waals surface area contributed by atoms with Crippen molar-refractivity contribution >= 4 is 16.9 Å². The Morgan fingerprint density at radius 2 is 1.71 bits per heavy atom. The van der Waals surface area contributed by atoms with E-state index in [1.807, 2.05) is 29.8 Å². The standard InChI is InChI=1S/C17H13NO3/c1-18-10-14(11-6-8-12(9-7-11)17(20)21)16(19)13-4-2-3-5-15(13)18/h2-10H,1H3,(H,20,21). The fraction of sp³-hybridized carbons (Fsp3) is 0.0588. The zero-order valence-electron chi connectivity index (χ0n) is 11.4. The van der Waals surface area contributed by atoms with Crippen molar-refractivity contribution in [1.29, 1.82) is 0 Å². The molecule has 1 N–H and O–H groups in total. The number of fused-ring (bicyclic) bond motifs is 1. The fourth-order valence-electron chi connectivity index (χ4n) is 2.44. The van der Waals surface area contributed by atoms with Crippen LogP contribution in [0.3, 0.4) is 0 Å². The minimum absolute atomic E-state index is 0.0493. The monoisotopic (exact) mass is 279 g/mol. The Balaban J connectivity index is 2.23. The summed E-state index contributed by atoms with van der Waals surface area (Å²) in [5.41, 5.74) is 2.30. The van der Waals surface area contributed by atoms with Crippen LogP contribution in [0.5, 0.6) is 0 Å². The molecule has 1 aromatic heterocycles. The minimum Gasteiger partial charge on any atom is -0.478 e. The first-order valence-corrected chi connectivity index (χ1v) is 6.50. The predicted octanol–water partition coefficient (Wildman–Crippen LogP) is 2.90. The number of rotatable bonds is 2. The van der Waals surface area contributed by atoms with E-state index in [-0.39, 0.29) is 11.0 Å². The van der Waals surface area contributed by atoms with Gasteiger partial charge in [0, 0.05) is 24.2 Å². The molecule has 0 saturated heterocycles. The van der Waals surface area contributed by atoms with Crippen LogP contribution in [0.25, 0.3) is 22.0 Å². The van der Waals surface area contributed by atoms with E-state index in [0.29, 0.717) is 16.5 Å². The van der Waals surface area contributed by atoms with Crippen LogP contribution in [0, 0.1) is 0 Å². The molecule has 0 bridgehead atoms. The average molecular weight is 279 g/mol. The third-order valence-corrected chi connectivity index (χ3v) is 3.54. The summed E-state index contributed by atoms with van der Waals surface area (Å²) in [6, 6.07) is 13.8. The smallest absolute Gasteiger partial charge is 0.335 e. The third-order valence-electron chi connectivity index (χ3n) is 3.54. The molecule has 0 spiro atoms. The van der Waals surface area contributed by atoms with Crippen LogP contribution in [0.2, 0.25) is 0 Å². The number of nitrogens with zero attached hydrogens (tertiary/aromatic N) is 1. The molecule has 0 aliphatic rings. The highest BCUT2D eigenvalue weighted by molar-refractivity contribution is 5.89. The number of carboxylic acids is 1.